The van der Waals surface area contributed by atoms with Crippen LogP contribution in [0.25, 0.3) is 11.0 Å². The molecule has 3 rings (SSSR count). The number of furan rings is 1. The van der Waals surface area contributed by atoms with E-state index in [9.17, 15) is 13.2 Å². The number of hydrogen-bond acceptors (Lipinski definition) is 6. The molecule has 0 saturated heterocycles. The molecule has 7 nitrogen and oxygen atoms in total. The van der Waals surface area contributed by atoms with Crippen molar-refractivity contribution in [3.63, 3.8) is 0 Å². The van der Waals surface area contributed by atoms with Gasteiger partial charge in [0.05, 0.1) is 27.6 Å². The van der Waals surface area contributed by atoms with Gasteiger partial charge in [-0.2, -0.15) is 4.40 Å². The fourth-order valence-electron chi connectivity index (χ4n) is 2.93. The topological polar surface area (TPSA) is 95.2 Å². The van der Waals surface area contributed by atoms with Crippen molar-refractivity contribution in [3.8, 4) is 5.75 Å². The van der Waals surface area contributed by atoms with Gasteiger partial charge in [-0.1, -0.05) is 18.2 Å². The van der Waals surface area contributed by atoms with E-state index in [0.717, 1.165) is 20.1 Å². The van der Waals surface area contributed by atoms with Crippen molar-refractivity contribution in [1.82, 2.24) is 0 Å². The number of benzene rings is 2. The summed E-state index contributed by atoms with van der Waals surface area (Å²) in [5.41, 5.74) is 2.31. The summed E-state index contributed by atoms with van der Waals surface area (Å²) in [5.74, 6) is 0.673. The minimum Gasteiger partial charge on any atom is -0.489 e. The maximum absolute atomic E-state index is 12.2. The van der Waals surface area contributed by atoms with Crippen LogP contribution >= 0.6 is 22.6 Å². The van der Waals surface area contributed by atoms with Crippen LogP contribution < -0.4 is 4.74 Å². The minimum atomic E-state index is -3.65. The Morgan fingerprint density at radius 3 is 2.61 bits per heavy atom. The number of esters is 1. The molecule has 3 aromatic rings. The third-order valence-electron chi connectivity index (χ3n) is 4.75. The Kier molecular flexibility index (Phi) is 7.84. The van der Waals surface area contributed by atoms with Crippen molar-refractivity contribution in [2.24, 2.45) is 4.40 Å². The van der Waals surface area contributed by atoms with Crippen LogP contribution in [-0.4, -0.2) is 32.0 Å². The van der Waals surface area contributed by atoms with E-state index in [-0.39, 0.29) is 12.4 Å². The van der Waals surface area contributed by atoms with Crippen molar-refractivity contribution in [2.45, 2.75) is 45.5 Å². The Hall–Kier alpha value is -2.40. The lowest BCUT2D eigenvalue weighted by Crippen LogP contribution is -2.25. The van der Waals surface area contributed by atoms with Crippen LogP contribution in [-0.2, 0) is 32.6 Å². The van der Waals surface area contributed by atoms with E-state index >= 15 is 0 Å². The highest BCUT2D eigenvalue weighted by molar-refractivity contribution is 14.1. The molecule has 176 valence electrons. The number of carbonyl (C=O) groups excluding carboxylic acids is 1. The van der Waals surface area contributed by atoms with Crippen LogP contribution in [0.4, 0.5) is 0 Å². The zero-order valence-electron chi connectivity index (χ0n) is 18.9. The Morgan fingerprint density at radius 2 is 1.91 bits per heavy atom. The summed E-state index contributed by atoms with van der Waals surface area (Å²) in [6, 6.07) is 13.0. The first-order valence-electron chi connectivity index (χ1n) is 10.4. The molecule has 0 unspecified atom stereocenters. The number of nitrogens with zero attached hydrogens (tertiary/aromatic N) is 1. The third-order valence-corrected chi connectivity index (χ3v) is 7.48. The fraction of sp³-hybridized carbons (Fsp3) is 0.333. The Morgan fingerprint density at radius 1 is 1.18 bits per heavy atom. The van der Waals surface area contributed by atoms with Gasteiger partial charge in [0.15, 0.2) is 0 Å². The van der Waals surface area contributed by atoms with Crippen molar-refractivity contribution in [2.75, 3.05) is 6.61 Å². The van der Waals surface area contributed by atoms with E-state index in [2.05, 4.69) is 27.0 Å². The molecule has 0 N–H and O–H groups in total. The summed E-state index contributed by atoms with van der Waals surface area (Å²) in [6.45, 7) is 7.18. The molecule has 1 aromatic heterocycles. The summed E-state index contributed by atoms with van der Waals surface area (Å²) >= 11 is 2.17. The number of hydrogen-bond donors (Lipinski definition) is 0. The highest BCUT2D eigenvalue weighted by Gasteiger charge is 2.28. The number of rotatable bonds is 8. The number of para-hydroxylation sites is 1. The molecule has 0 amide bonds. The lowest BCUT2D eigenvalue weighted by Gasteiger charge is -2.14. The summed E-state index contributed by atoms with van der Waals surface area (Å²) < 4.78 is 44.9. The summed E-state index contributed by atoms with van der Waals surface area (Å²) in [5, 5.41) is 0.815. The van der Waals surface area contributed by atoms with Crippen LogP contribution in [0.1, 0.15) is 44.6 Å². The Bertz CT molecular complexity index is 1290. The van der Waals surface area contributed by atoms with Crippen LogP contribution in [0, 0.1) is 3.57 Å². The zero-order chi connectivity index (χ0) is 24.2. The first-order chi connectivity index (χ1) is 15.5. The second-order valence-corrected chi connectivity index (χ2v) is 11.9. The molecule has 0 aliphatic rings. The molecule has 0 saturated carbocycles. The summed E-state index contributed by atoms with van der Waals surface area (Å²) in [4.78, 5) is 11.9. The van der Waals surface area contributed by atoms with Gasteiger partial charge in [-0.15, -0.1) is 0 Å². The van der Waals surface area contributed by atoms with E-state index in [1.807, 2.05) is 36.4 Å². The van der Waals surface area contributed by atoms with Crippen LogP contribution in [0.5, 0.6) is 5.75 Å². The number of sulfonamides is 1. The molecule has 0 bridgehead atoms. The molecule has 2 aromatic carbocycles. The second kappa shape index (κ2) is 10.3. The van der Waals surface area contributed by atoms with Gasteiger partial charge in [-0.3, -0.25) is 4.79 Å². The van der Waals surface area contributed by atoms with E-state index in [0.29, 0.717) is 30.3 Å². The van der Waals surface area contributed by atoms with Crippen molar-refractivity contribution < 1.29 is 27.1 Å². The third kappa shape index (κ3) is 6.35. The molecule has 0 fully saturated rings. The van der Waals surface area contributed by atoms with Crippen LogP contribution in [0.2, 0.25) is 0 Å². The number of ether oxygens (including phenoxy) is 2. The van der Waals surface area contributed by atoms with Crippen molar-refractivity contribution in [3.05, 3.63) is 62.9 Å². The first kappa shape index (κ1) is 25.2. The van der Waals surface area contributed by atoms with E-state index in [1.54, 1.807) is 33.8 Å². The van der Waals surface area contributed by atoms with Crippen molar-refractivity contribution >= 4 is 55.8 Å². The largest absolute Gasteiger partial charge is 0.489 e. The molecule has 1 heterocycles. The second-order valence-electron chi connectivity index (χ2n) is 8.34. The normalized spacial score (nSPS) is 12.4. The van der Waals surface area contributed by atoms with Crippen LogP contribution in [0.3, 0.4) is 0 Å². The lowest BCUT2D eigenvalue weighted by atomic mass is 10.1. The molecule has 33 heavy (non-hydrogen) atoms. The minimum absolute atomic E-state index is 0.141. The monoisotopic (exact) mass is 583 g/mol. The van der Waals surface area contributed by atoms with E-state index in [4.69, 9.17) is 13.9 Å². The van der Waals surface area contributed by atoms with Gasteiger partial charge in [-0.05, 0) is 80.1 Å². The Balaban J connectivity index is 1.79. The molecule has 0 spiro atoms. The molecule has 9 heteroatoms. The van der Waals surface area contributed by atoms with Gasteiger partial charge >= 0.3 is 5.97 Å². The molecule has 0 radical (unpaired) electrons. The summed E-state index contributed by atoms with van der Waals surface area (Å²) in [7, 11) is -3.65. The lowest BCUT2D eigenvalue weighted by molar-refractivity contribution is -0.142. The van der Waals surface area contributed by atoms with Gasteiger partial charge in [-0.25, -0.2) is 8.42 Å². The number of halogens is 1. The molecule has 0 aliphatic heterocycles. The van der Waals surface area contributed by atoms with Gasteiger partial charge < -0.3 is 13.9 Å². The molecule has 0 atom stereocenters. The number of carbonyl (C=O) groups is 1. The average molecular weight is 583 g/mol. The predicted molar refractivity (Wildman–Crippen MR) is 136 cm³/mol. The predicted octanol–water partition coefficient (Wildman–Crippen LogP) is 5.27. The van der Waals surface area contributed by atoms with Gasteiger partial charge in [0.2, 0.25) is 0 Å². The standard InChI is InChI=1S/C24H26INO6S/c1-5-30-22(27)13-17-8-6-7-9-21(17)31-15-16-10-18-12-19(32-23(18)20(25)11-16)14-26-33(28,29)24(2,3)4/h6-12,14H,5,13,15H2,1-4H3. The van der Waals surface area contributed by atoms with E-state index < -0.39 is 14.8 Å². The maximum atomic E-state index is 12.2. The smallest absolute Gasteiger partial charge is 0.310 e. The quantitative estimate of drug-likeness (QED) is 0.204. The number of fused-ring (bicyclic) bond motifs is 1. The average Bonchev–Trinajstić information content (AvgIpc) is 3.15. The highest BCUT2D eigenvalue weighted by atomic mass is 127. The first-order valence-corrected chi connectivity index (χ1v) is 12.9. The van der Waals surface area contributed by atoms with E-state index in [1.165, 1.54) is 6.21 Å². The van der Waals surface area contributed by atoms with Gasteiger partial charge in [0, 0.05) is 10.9 Å². The van der Waals surface area contributed by atoms with Gasteiger partial charge in [0.1, 0.15) is 23.7 Å². The maximum Gasteiger partial charge on any atom is 0.310 e. The molecular weight excluding hydrogens is 557 g/mol. The fourth-order valence-corrected chi connectivity index (χ4v) is 4.31. The molecule has 0 aliphatic carbocycles. The molecular formula is C24H26INO6S. The van der Waals surface area contributed by atoms with Crippen LogP contribution in [0.15, 0.2) is 51.3 Å². The summed E-state index contributed by atoms with van der Waals surface area (Å²) in [6.07, 6.45) is 1.38. The van der Waals surface area contributed by atoms with Crippen molar-refractivity contribution in [1.29, 1.82) is 0 Å². The SMILES string of the molecule is CCOC(=O)Cc1ccccc1OCc1cc(I)c2oc(C=NS(=O)(=O)C(C)(C)C)cc2c1. The Labute approximate surface area is 207 Å². The highest BCUT2D eigenvalue weighted by Crippen LogP contribution is 2.28. The zero-order valence-corrected chi connectivity index (χ0v) is 21.9. The van der Waals surface area contributed by atoms with Gasteiger partial charge in [0.25, 0.3) is 10.0 Å².